The van der Waals surface area contributed by atoms with Gasteiger partial charge in [0.25, 0.3) is 0 Å². The maximum absolute atomic E-state index is 15.3. The number of aromatic nitrogens is 1. The lowest BCUT2D eigenvalue weighted by Crippen LogP contribution is -2.42. The molecule has 2 N–H and O–H groups in total. The number of benzene rings is 1. The highest BCUT2D eigenvalue weighted by Crippen LogP contribution is 2.45. The molecule has 2 aliphatic rings. The highest BCUT2D eigenvalue weighted by atomic mass is 19.1. The van der Waals surface area contributed by atoms with E-state index in [1.54, 1.807) is 19.1 Å². The summed E-state index contributed by atoms with van der Waals surface area (Å²) in [6.07, 6.45) is 3.91. The van der Waals surface area contributed by atoms with Crippen molar-refractivity contribution in [3.8, 4) is 12.1 Å². The summed E-state index contributed by atoms with van der Waals surface area (Å²) in [7, 11) is 1.96. The van der Waals surface area contributed by atoms with Gasteiger partial charge in [0.15, 0.2) is 0 Å². The molecule has 2 heterocycles. The van der Waals surface area contributed by atoms with E-state index >= 15 is 4.39 Å². The van der Waals surface area contributed by atoms with Gasteiger partial charge in [-0.05, 0) is 75.1 Å². The van der Waals surface area contributed by atoms with Crippen LogP contribution in [0.4, 0.5) is 15.9 Å². The highest BCUT2D eigenvalue weighted by Gasteiger charge is 2.31. The topological polar surface area (TPSA) is 89.7 Å². The molecule has 0 radical (unpaired) electrons. The summed E-state index contributed by atoms with van der Waals surface area (Å²) < 4.78 is 15.3. The maximum atomic E-state index is 15.3. The fourth-order valence-electron chi connectivity index (χ4n) is 4.65. The second-order valence-corrected chi connectivity index (χ2v) is 8.93. The summed E-state index contributed by atoms with van der Waals surface area (Å²) in [5.74, 6) is -0.258. The van der Waals surface area contributed by atoms with Gasteiger partial charge in [-0.25, -0.2) is 9.37 Å². The average Bonchev–Trinajstić information content (AvgIpc) is 2.98. The Balaban J connectivity index is 1.98. The van der Waals surface area contributed by atoms with Crippen LogP contribution in [0.1, 0.15) is 61.2 Å². The second-order valence-electron chi connectivity index (χ2n) is 8.93. The van der Waals surface area contributed by atoms with Crippen LogP contribution in [-0.2, 0) is 0 Å². The number of nitrogens with two attached hydrogens (primary N) is 1. The Bertz CT molecular complexity index is 1380. The molecular weight excluding hydrogens is 401 g/mol. The smallest absolute Gasteiger partial charge is 0.142 e. The molecule has 1 aliphatic carbocycles. The first-order valence-electron chi connectivity index (χ1n) is 10.3. The number of fused-ring (bicyclic) bond motifs is 2. The third kappa shape index (κ3) is 2.92. The zero-order valence-corrected chi connectivity index (χ0v) is 19.1. The van der Waals surface area contributed by atoms with Crippen LogP contribution in [0, 0.1) is 35.4 Å². The molecule has 6 heteroatoms. The van der Waals surface area contributed by atoms with Crippen molar-refractivity contribution in [1.29, 1.82) is 10.5 Å². The molecule has 0 unspecified atom stereocenters. The molecule has 0 bridgehead atoms. The number of halogens is 1. The van der Waals surface area contributed by atoms with Crippen LogP contribution in [0.25, 0.3) is 22.8 Å². The summed E-state index contributed by atoms with van der Waals surface area (Å²) in [6.45, 7) is 9.81. The van der Waals surface area contributed by atoms with Crippen LogP contribution < -0.4 is 10.6 Å². The number of nitrogens with zero attached hydrogens (tertiary/aromatic N) is 4. The van der Waals surface area contributed by atoms with Crippen LogP contribution in [0.2, 0.25) is 0 Å². The van der Waals surface area contributed by atoms with E-state index in [-0.39, 0.29) is 22.7 Å². The van der Waals surface area contributed by atoms with E-state index in [9.17, 15) is 10.5 Å². The second kappa shape index (κ2) is 7.07. The number of hydrogen-bond donors (Lipinski definition) is 1. The molecule has 0 amide bonds. The van der Waals surface area contributed by atoms with Crippen LogP contribution in [0.5, 0.6) is 0 Å². The summed E-state index contributed by atoms with van der Waals surface area (Å²) in [4.78, 5) is 6.40. The molecule has 2 aromatic rings. The Morgan fingerprint density at radius 2 is 1.84 bits per heavy atom. The zero-order chi connectivity index (χ0) is 23.5. The summed E-state index contributed by atoms with van der Waals surface area (Å²) in [6, 6.07) is 7.69. The molecule has 1 aromatic carbocycles. The van der Waals surface area contributed by atoms with E-state index in [1.807, 2.05) is 27.0 Å². The van der Waals surface area contributed by atoms with Gasteiger partial charge >= 0.3 is 0 Å². The normalized spacial score (nSPS) is 17.6. The van der Waals surface area contributed by atoms with E-state index in [0.29, 0.717) is 39.1 Å². The van der Waals surface area contributed by atoms with Gasteiger partial charge in [-0.3, -0.25) is 0 Å². The molecule has 160 valence electrons. The third-order valence-corrected chi connectivity index (χ3v) is 6.62. The first-order valence-corrected chi connectivity index (χ1v) is 10.3. The number of anilines is 2. The summed E-state index contributed by atoms with van der Waals surface area (Å²) >= 11 is 0. The lowest BCUT2D eigenvalue weighted by atomic mass is 9.88. The summed E-state index contributed by atoms with van der Waals surface area (Å²) in [5, 5.41) is 19.3. The molecule has 1 aliphatic heterocycles. The number of rotatable bonds is 1. The lowest BCUT2D eigenvalue weighted by molar-refractivity contribution is 0.588. The van der Waals surface area contributed by atoms with E-state index < -0.39 is 0 Å². The Morgan fingerprint density at radius 1 is 1.16 bits per heavy atom. The average molecular weight is 426 g/mol. The highest BCUT2D eigenvalue weighted by molar-refractivity contribution is 6.09. The summed E-state index contributed by atoms with van der Waals surface area (Å²) in [5.41, 5.74) is 12.8. The van der Waals surface area contributed by atoms with E-state index in [1.165, 1.54) is 0 Å². The van der Waals surface area contributed by atoms with Gasteiger partial charge in [0.05, 0.1) is 22.4 Å². The van der Waals surface area contributed by atoms with Crippen molar-refractivity contribution in [2.24, 2.45) is 0 Å². The molecule has 0 saturated heterocycles. The number of nitriles is 2. The largest absolute Gasteiger partial charge is 0.383 e. The quantitative estimate of drug-likeness (QED) is 0.655. The van der Waals surface area contributed by atoms with Crippen LogP contribution in [0.3, 0.4) is 0 Å². The third-order valence-electron chi connectivity index (χ3n) is 6.62. The molecule has 0 fully saturated rings. The fourth-order valence-corrected chi connectivity index (χ4v) is 4.65. The Hall–Kier alpha value is -3.90. The predicted octanol–water partition coefficient (Wildman–Crippen LogP) is 5.47. The van der Waals surface area contributed by atoms with Gasteiger partial charge < -0.3 is 10.6 Å². The van der Waals surface area contributed by atoms with Crippen molar-refractivity contribution in [3.05, 3.63) is 63.1 Å². The molecule has 0 atom stereocenters. The van der Waals surface area contributed by atoms with E-state index in [4.69, 9.17) is 5.73 Å². The number of nitrogen functional groups attached to an aromatic ring is 1. The molecule has 0 saturated carbocycles. The Morgan fingerprint density at radius 3 is 2.47 bits per heavy atom. The van der Waals surface area contributed by atoms with Crippen molar-refractivity contribution in [2.45, 2.75) is 40.2 Å². The number of pyridine rings is 1. The maximum Gasteiger partial charge on any atom is 0.142 e. The Labute approximate surface area is 187 Å². The number of allylic oxidation sites excluding steroid dienone is 4. The number of hydrogen-bond acceptors (Lipinski definition) is 5. The van der Waals surface area contributed by atoms with Gasteiger partial charge in [-0.2, -0.15) is 10.5 Å². The number of likely N-dealkylation sites (N-methyl/N-ethyl adjacent to an activating group) is 1. The van der Waals surface area contributed by atoms with E-state index in [0.717, 1.165) is 16.8 Å². The zero-order valence-electron chi connectivity index (χ0n) is 19.1. The standard InChI is InChI=1S/C26H24FN5/c1-13-10-26(4,5)32(6)22-9-21(27)16(7-17(13)22)8-18-14(2)19(11-28)24-23(18)15(3)20(12-29)25(30)31-24/h7-10H,1-6H3,(H2,30,31)/b18-8+. The molecule has 5 nitrogen and oxygen atoms in total. The molecule has 4 rings (SSSR count). The fraction of sp³-hybridized carbons (Fsp3) is 0.269. The van der Waals surface area contributed by atoms with Crippen molar-refractivity contribution in [3.63, 3.8) is 0 Å². The first-order chi connectivity index (χ1) is 15.0. The molecule has 1 aromatic heterocycles. The van der Waals surface area contributed by atoms with Gasteiger partial charge in [-0.15, -0.1) is 0 Å². The van der Waals surface area contributed by atoms with Crippen LogP contribution in [-0.4, -0.2) is 17.6 Å². The van der Waals surface area contributed by atoms with Gasteiger partial charge in [0, 0.05) is 29.4 Å². The molecule has 32 heavy (non-hydrogen) atoms. The van der Waals surface area contributed by atoms with Crippen molar-refractivity contribution in [1.82, 2.24) is 4.98 Å². The van der Waals surface area contributed by atoms with Crippen LogP contribution >= 0.6 is 0 Å². The SMILES string of the molecule is CC1=CC(C)(C)N(C)c2cc(F)c(/C=C3\C(C)=C(C#N)c4nc(N)c(C#N)c(C)c43)cc21. The van der Waals surface area contributed by atoms with Crippen molar-refractivity contribution < 1.29 is 4.39 Å². The lowest BCUT2D eigenvalue weighted by Gasteiger charge is -2.40. The van der Waals surface area contributed by atoms with Crippen molar-refractivity contribution in [2.75, 3.05) is 17.7 Å². The minimum atomic E-state index is -0.352. The monoisotopic (exact) mass is 425 g/mol. The Kier molecular flexibility index (Phi) is 4.71. The molecular formula is C26H24FN5. The predicted molar refractivity (Wildman–Crippen MR) is 127 cm³/mol. The minimum absolute atomic E-state index is 0.0944. The van der Waals surface area contributed by atoms with Gasteiger partial charge in [-0.1, -0.05) is 6.08 Å². The minimum Gasteiger partial charge on any atom is -0.383 e. The van der Waals surface area contributed by atoms with Gasteiger partial charge in [0.2, 0.25) is 0 Å². The van der Waals surface area contributed by atoms with Crippen LogP contribution in [0.15, 0.2) is 23.8 Å². The first kappa shape index (κ1) is 21.3. The van der Waals surface area contributed by atoms with Crippen molar-refractivity contribution >= 4 is 34.3 Å². The molecule has 0 spiro atoms. The van der Waals surface area contributed by atoms with Gasteiger partial charge in [0.1, 0.15) is 23.8 Å². The van der Waals surface area contributed by atoms with E-state index in [2.05, 4.69) is 41.9 Å².